The molecule has 2 aromatic carbocycles. The van der Waals surface area contributed by atoms with E-state index in [9.17, 15) is 19.5 Å². The molecule has 0 saturated carbocycles. The van der Waals surface area contributed by atoms with Gasteiger partial charge in [-0.2, -0.15) is 0 Å². The molecule has 0 saturated heterocycles. The quantitative estimate of drug-likeness (QED) is 0.306. The number of amides is 1. The van der Waals surface area contributed by atoms with Gasteiger partial charge in [-0.3, -0.25) is 19.3 Å². The molecule has 196 valence electrons. The van der Waals surface area contributed by atoms with Crippen molar-refractivity contribution in [2.24, 2.45) is 0 Å². The van der Waals surface area contributed by atoms with E-state index in [1.165, 1.54) is 39.2 Å². The van der Waals surface area contributed by atoms with Gasteiger partial charge in [-0.05, 0) is 36.3 Å². The Balaban J connectivity index is 1.90. The lowest BCUT2D eigenvalue weighted by atomic mass is 9.95. The SMILES string of the molecule is COc1cc(C2C(C(=O)/C=C/c3ccccc3)=C(O)C(=O)N2c2nc(C)c(C(C)=O)s2)cc(OC)c1OC. The van der Waals surface area contributed by atoms with Crippen LogP contribution in [0.3, 0.4) is 0 Å². The summed E-state index contributed by atoms with van der Waals surface area (Å²) < 4.78 is 16.4. The van der Waals surface area contributed by atoms with Gasteiger partial charge in [0.2, 0.25) is 5.75 Å². The first kappa shape index (κ1) is 26.6. The van der Waals surface area contributed by atoms with E-state index in [2.05, 4.69) is 4.98 Å². The van der Waals surface area contributed by atoms with Gasteiger partial charge in [-0.15, -0.1) is 0 Å². The van der Waals surface area contributed by atoms with Crippen LogP contribution in [0.25, 0.3) is 6.08 Å². The van der Waals surface area contributed by atoms with Crippen LogP contribution in [0.1, 0.15) is 39.5 Å². The maximum absolute atomic E-state index is 13.5. The van der Waals surface area contributed by atoms with Crippen LogP contribution in [0.4, 0.5) is 5.13 Å². The Morgan fingerprint density at radius 1 is 1.05 bits per heavy atom. The first-order valence-electron chi connectivity index (χ1n) is 11.5. The fourth-order valence-corrected chi connectivity index (χ4v) is 5.26. The predicted molar refractivity (Wildman–Crippen MR) is 143 cm³/mol. The van der Waals surface area contributed by atoms with Gasteiger partial charge in [0.05, 0.1) is 43.5 Å². The second kappa shape index (κ2) is 10.9. The maximum Gasteiger partial charge on any atom is 0.296 e. The lowest BCUT2D eigenvalue weighted by Crippen LogP contribution is -2.31. The van der Waals surface area contributed by atoms with Crippen molar-refractivity contribution in [2.45, 2.75) is 19.9 Å². The molecule has 10 heteroatoms. The number of aliphatic hydroxyl groups is 1. The number of aliphatic hydroxyl groups excluding tert-OH is 1. The first-order chi connectivity index (χ1) is 18.2. The topological polar surface area (TPSA) is 115 Å². The average molecular weight is 535 g/mol. The largest absolute Gasteiger partial charge is 0.503 e. The number of aromatic nitrogens is 1. The van der Waals surface area contributed by atoms with Crippen LogP contribution in [0.15, 0.2) is 59.9 Å². The summed E-state index contributed by atoms with van der Waals surface area (Å²) in [4.78, 5) is 45.1. The molecule has 0 aliphatic carbocycles. The molecule has 38 heavy (non-hydrogen) atoms. The summed E-state index contributed by atoms with van der Waals surface area (Å²) >= 11 is 1.01. The standard InChI is InChI=1S/C28H26N2O7S/c1-15-26(16(2)31)38-28(29-15)30-23(18-13-20(35-3)25(37-5)21(14-18)36-4)22(24(33)27(30)34)19(32)12-11-17-9-7-6-8-10-17/h6-14,23,33H,1-5H3/b12-11+. The highest BCUT2D eigenvalue weighted by Crippen LogP contribution is 2.47. The number of allylic oxidation sites excluding steroid dienone is 1. The Morgan fingerprint density at radius 2 is 1.68 bits per heavy atom. The van der Waals surface area contributed by atoms with Crippen molar-refractivity contribution in [1.82, 2.24) is 4.98 Å². The summed E-state index contributed by atoms with van der Waals surface area (Å²) in [5, 5.41) is 11.1. The molecule has 1 unspecified atom stereocenters. The van der Waals surface area contributed by atoms with Crippen LogP contribution in [-0.4, -0.2) is 48.9 Å². The zero-order valence-electron chi connectivity index (χ0n) is 21.5. The van der Waals surface area contributed by atoms with Gasteiger partial charge in [0, 0.05) is 6.92 Å². The van der Waals surface area contributed by atoms with E-state index >= 15 is 0 Å². The summed E-state index contributed by atoms with van der Waals surface area (Å²) in [6, 6.07) is 11.3. The van der Waals surface area contributed by atoms with Gasteiger partial charge in [0.25, 0.3) is 5.91 Å². The second-order valence-electron chi connectivity index (χ2n) is 8.37. The Kier molecular flexibility index (Phi) is 7.63. The molecule has 1 N–H and O–H groups in total. The number of rotatable bonds is 9. The zero-order valence-corrected chi connectivity index (χ0v) is 22.3. The number of hydrogen-bond donors (Lipinski definition) is 1. The molecule has 9 nitrogen and oxygen atoms in total. The van der Waals surface area contributed by atoms with E-state index in [0.717, 1.165) is 16.9 Å². The fraction of sp³-hybridized carbons (Fsp3) is 0.214. The molecule has 1 amide bonds. The van der Waals surface area contributed by atoms with E-state index in [4.69, 9.17) is 14.2 Å². The number of benzene rings is 2. The number of hydrogen-bond acceptors (Lipinski definition) is 9. The summed E-state index contributed by atoms with van der Waals surface area (Å²) in [5.41, 5.74) is 1.48. The van der Waals surface area contributed by atoms with Crippen molar-refractivity contribution >= 4 is 40.0 Å². The van der Waals surface area contributed by atoms with E-state index in [1.54, 1.807) is 25.1 Å². The Morgan fingerprint density at radius 3 is 2.21 bits per heavy atom. The van der Waals surface area contributed by atoms with Crippen LogP contribution >= 0.6 is 11.3 Å². The van der Waals surface area contributed by atoms with Crippen molar-refractivity contribution in [1.29, 1.82) is 0 Å². The van der Waals surface area contributed by atoms with E-state index in [0.29, 0.717) is 33.4 Å². The third-order valence-corrected chi connectivity index (χ3v) is 7.27. The van der Waals surface area contributed by atoms with Crippen molar-refractivity contribution in [3.8, 4) is 17.2 Å². The van der Waals surface area contributed by atoms with Crippen LogP contribution < -0.4 is 19.1 Å². The first-order valence-corrected chi connectivity index (χ1v) is 12.4. The molecular formula is C28H26N2O7S. The highest BCUT2D eigenvalue weighted by atomic mass is 32.1. The van der Waals surface area contributed by atoms with Crippen molar-refractivity contribution in [2.75, 3.05) is 26.2 Å². The number of aryl methyl sites for hydroxylation is 1. The van der Waals surface area contributed by atoms with Crippen LogP contribution in [0.2, 0.25) is 0 Å². The third-order valence-electron chi connectivity index (χ3n) is 6.01. The number of carbonyl (C=O) groups is 3. The van der Waals surface area contributed by atoms with Gasteiger partial charge in [0.15, 0.2) is 34.0 Å². The molecule has 1 atom stereocenters. The zero-order chi connectivity index (χ0) is 27.6. The molecule has 0 bridgehead atoms. The minimum Gasteiger partial charge on any atom is -0.503 e. The molecule has 4 rings (SSSR count). The molecule has 1 aliphatic rings. The summed E-state index contributed by atoms with van der Waals surface area (Å²) in [5.74, 6) is -1.38. The highest BCUT2D eigenvalue weighted by molar-refractivity contribution is 7.17. The fourth-order valence-electron chi connectivity index (χ4n) is 4.27. The lowest BCUT2D eigenvalue weighted by Gasteiger charge is -2.25. The van der Waals surface area contributed by atoms with E-state index in [1.807, 2.05) is 30.3 Å². The number of carbonyl (C=O) groups excluding carboxylic acids is 3. The summed E-state index contributed by atoms with van der Waals surface area (Å²) in [6.07, 6.45) is 2.90. The smallest absolute Gasteiger partial charge is 0.296 e. The molecular weight excluding hydrogens is 508 g/mol. The van der Waals surface area contributed by atoms with Gasteiger partial charge in [-0.25, -0.2) is 4.98 Å². The summed E-state index contributed by atoms with van der Waals surface area (Å²) in [6.45, 7) is 3.07. The minimum atomic E-state index is -1.09. The minimum absolute atomic E-state index is 0.145. The van der Waals surface area contributed by atoms with Gasteiger partial charge in [-0.1, -0.05) is 47.7 Å². The number of Topliss-reactive ketones (excluding diaryl/α,β-unsaturated/α-hetero) is 1. The average Bonchev–Trinajstić information content (AvgIpc) is 3.43. The molecule has 3 aromatic rings. The van der Waals surface area contributed by atoms with Crippen molar-refractivity contribution < 1.29 is 33.7 Å². The Bertz CT molecular complexity index is 1450. The summed E-state index contributed by atoms with van der Waals surface area (Å²) in [7, 11) is 4.36. The predicted octanol–water partition coefficient (Wildman–Crippen LogP) is 4.86. The van der Waals surface area contributed by atoms with Crippen LogP contribution in [0.5, 0.6) is 17.2 Å². The molecule has 2 heterocycles. The molecule has 1 aliphatic heterocycles. The van der Waals surface area contributed by atoms with Gasteiger partial charge < -0.3 is 19.3 Å². The van der Waals surface area contributed by atoms with Crippen LogP contribution in [0, 0.1) is 6.92 Å². The number of ether oxygens (including phenoxy) is 3. The highest BCUT2D eigenvalue weighted by Gasteiger charge is 2.46. The molecule has 0 fully saturated rings. The molecule has 1 aromatic heterocycles. The second-order valence-corrected chi connectivity index (χ2v) is 9.35. The molecule has 0 radical (unpaired) electrons. The number of thiazole rings is 1. The van der Waals surface area contributed by atoms with Crippen molar-refractivity contribution in [3.63, 3.8) is 0 Å². The normalized spacial score (nSPS) is 15.3. The molecule has 0 spiro atoms. The van der Waals surface area contributed by atoms with E-state index in [-0.39, 0.29) is 16.5 Å². The van der Waals surface area contributed by atoms with Gasteiger partial charge in [0.1, 0.15) is 0 Å². The Labute approximate surface area is 223 Å². The van der Waals surface area contributed by atoms with Gasteiger partial charge >= 0.3 is 0 Å². The maximum atomic E-state index is 13.5. The van der Waals surface area contributed by atoms with E-state index < -0.39 is 23.5 Å². The Hall–Kier alpha value is -4.44. The lowest BCUT2D eigenvalue weighted by molar-refractivity contribution is -0.117. The number of nitrogens with zero attached hydrogens (tertiary/aromatic N) is 2. The number of anilines is 1. The van der Waals surface area contributed by atoms with Crippen molar-refractivity contribution in [3.05, 3.63) is 81.6 Å². The van der Waals surface area contributed by atoms with Crippen LogP contribution in [-0.2, 0) is 9.59 Å². The third kappa shape index (κ3) is 4.78. The monoisotopic (exact) mass is 534 g/mol. The number of methoxy groups -OCH3 is 3. The number of ketones is 2.